The number of sulfone groups is 1. The molecule has 7 heteroatoms. The Morgan fingerprint density at radius 2 is 2.25 bits per heavy atom. The van der Waals surface area contributed by atoms with Crippen LogP contribution in [0.15, 0.2) is 17.3 Å². The lowest BCUT2D eigenvalue weighted by molar-refractivity contribution is -0.137. The Balaban J connectivity index is 2.74. The number of carboxylic acids is 1. The van der Waals surface area contributed by atoms with Gasteiger partial charge in [-0.15, -0.1) is 0 Å². The fourth-order valence-corrected chi connectivity index (χ4v) is 1.76. The summed E-state index contributed by atoms with van der Waals surface area (Å²) in [6, 6.07) is -0.133. The van der Waals surface area contributed by atoms with Crippen LogP contribution in [0.25, 0.3) is 0 Å². The third kappa shape index (κ3) is 3.34. The summed E-state index contributed by atoms with van der Waals surface area (Å²) in [7, 11) is -3.25. The van der Waals surface area contributed by atoms with Crippen LogP contribution in [0.2, 0.25) is 0 Å². The summed E-state index contributed by atoms with van der Waals surface area (Å²) in [5.74, 6) is -0.873. The molecular weight excluding hydrogens is 232 g/mol. The maximum Gasteiger partial charge on any atom is 0.303 e. The number of hydrogen-bond donors (Lipinski definition) is 1. The molecule has 0 aliphatic heterocycles. The lowest BCUT2D eigenvalue weighted by Gasteiger charge is -2.09. The monoisotopic (exact) mass is 246 g/mol. The zero-order chi connectivity index (χ0) is 12.3. The molecule has 0 aromatic carbocycles. The maximum atomic E-state index is 11.2. The van der Waals surface area contributed by atoms with Crippen molar-refractivity contribution in [1.29, 1.82) is 0 Å². The average molecular weight is 246 g/mol. The topological polar surface area (TPSA) is 89.3 Å². The third-order valence-electron chi connectivity index (χ3n) is 2.23. The first-order valence-electron chi connectivity index (χ1n) is 4.76. The van der Waals surface area contributed by atoms with E-state index < -0.39 is 15.8 Å². The Morgan fingerprint density at radius 1 is 1.62 bits per heavy atom. The molecule has 0 aliphatic rings. The van der Waals surface area contributed by atoms with Crippen LogP contribution in [0.1, 0.15) is 25.8 Å². The highest BCUT2D eigenvalue weighted by Crippen LogP contribution is 2.15. The van der Waals surface area contributed by atoms with E-state index in [0.29, 0.717) is 6.42 Å². The van der Waals surface area contributed by atoms with Gasteiger partial charge in [0.05, 0.1) is 6.20 Å². The first kappa shape index (κ1) is 12.7. The minimum absolute atomic E-state index is 0.0369. The number of hydrogen-bond acceptors (Lipinski definition) is 4. The van der Waals surface area contributed by atoms with Crippen molar-refractivity contribution in [2.75, 3.05) is 6.26 Å². The minimum atomic E-state index is -3.25. The van der Waals surface area contributed by atoms with Gasteiger partial charge in [-0.2, -0.15) is 5.10 Å². The predicted octanol–water partition coefficient (Wildman–Crippen LogP) is 0.712. The van der Waals surface area contributed by atoms with E-state index in [9.17, 15) is 13.2 Å². The Morgan fingerprint density at radius 3 is 2.69 bits per heavy atom. The molecule has 1 unspecified atom stereocenters. The number of rotatable bonds is 5. The summed E-state index contributed by atoms with van der Waals surface area (Å²) < 4.78 is 23.8. The maximum absolute atomic E-state index is 11.2. The van der Waals surface area contributed by atoms with E-state index in [4.69, 9.17) is 5.11 Å². The van der Waals surface area contributed by atoms with Crippen LogP contribution < -0.4 is 0 Å². The van der Waals surface area contributed by atoms with Crippen LogP contribution in [0.3, 0.4) is 0 Å². The Hall–Kier alpha value is -1.37. The van der Waals surface area contributed by atoms with E-state index in [1.54, 1.807) is 6.92 Å². The van der Waals surface area contributed by atoms with E-state index in [-0.39, 0.29) is 17.4 Å². The first-order chi connectivity index (χ1) is 7.30. The van der Waals surface area contributed by atoms with Crippen molar-refractivity contribution in [3.8, 4) is 0 Å². The number of carboxylic acid groups (broad SMARTS) is 1. The second-order valence-corrected chi connectivity index (χ2v) is 5.73. The molecule has 6 nitrogen and oxygen atoms in total. The molecule has 1 aromatic rings. The van der Waals surface area contributed by atoms with Crippen molar-refractivity contribution in [2.45, 2.75) is 30.7 Å². The molecule has 0 bridgehead atoms. The van der Waals surface area contributed by atoms with Crippen LogP contribution in [-0.2, 0) is 14.6 Å². The lowest BCUT2D eigenvalue weighted by atomic mass is 10.2. The molecule has 0 spiro atoms. The fraction of sp³-hybridized carbons (Fsp3) is 0.556. The number of aliphatic carboxylic acids is 1. The van der Waals surface area contributed by atoms with Crippen molar-refractivity contribution in [3.05, 3.63) is 12.4 Å². The highest BCUT2D eigenvalue weighted by Gasteiger charge is 2.13. The van der Waals surface area contributed by atoms with Gasteiger partial charge in [-0.3, -0.25) is 9.48 Å². The second-order valence-electron chi connectivity index (χ2n) is 3.71. The summed E-state index contributed by atoms with van der Waals surface area (Å²) in [6.07, 6.45) is 4.25. The quantitative estimate of drug-likeness (QED) is 0.826. The highest BCUT2D eigenvalue weighted by atomic mass is 32.2. The predicted molar refractivity (Wildman–Crippen MR) is 56.9 cm³/mol. The normalized spacial score (nSPS) is 13.6. The Labute approximate surface area is 93.8 Å². The summed E-state index contributed by atoms with van der Waals surface area (Å²) in [5.41, 5.74) is 0. The van der Waals surface area contributed by atoms with Gasteiger partial charge in [-0.05, 0) is 13.3 Å². The second kappa shape index (κ2) is 4.65. The molecule has 1 aromatic heterocycles. The largest absolute Gasteiger partial charge is 0.481 e. The van der Waals surface area contributed by atoms with Crippen molar-refractivity contribution in [3.63, 3.8) is 0 Å². The molecule has 0 saturated heterocycles. The highest BCUT2D eigenvalue weighted by molar-refractivity contribution is 7.90. The molecule has 1 atom stereocenters. The molecule has 0 radical (unpaired) electrons. The van der Waals surface area contributed by atoms with E-state index in [1.165, 1.54) is 17.1 Å². The SMILES string of the molecule is CC(CCC(=O)O)n1cc(S(C)(=O)=O)cn1. The molecular formula is C9H14N2O4S. The summed E-state index contributed by atoms with van der Waals surface area (Å²) in [6.45, 7) is 1.79. The van der Waals surface area contributed by atoms with Gasteiger partial charge < -0.3 is 5.11 Å². The third-order valence-corrected chi connectivity index (χ3v) is 3.30. The Kier molecular flexibility index (Phi) is 3.69. The van der Waals surface area contributed by atoms with Gasteiger partial charge in [-0.1, -0.05) is 0 Å². The molecule has 1 heterocycles. The summed E-state index contributed by atoms with van der Waals surface area (Å²) in [4.78, 5) is 10.5. The van der Waals surface area contributed by atoms with Gasteiger partial charge in [0.2, 0.25) is 0 Å². The fourth-order valence-electron chi connectivity index (χ4n) is 1.22. The van der Waals surface area contributed by atoms with Gasteiger partial charge in [0.1, 0.15) is 4.90 Å². The smallest absolute Gasteiger partial charge is 0.303 e. The Bertz CT molecular complexity index is 477. The van der Waals surface area contributed by atoms with Crippen molar-refractivity contribution >= 4 is 15.8 Å². The molecule has 1 N–H and O–H groups in total. The minimum Gasteiger partial charge on any atom is -0.481 e. The van der Waals surface area contributed by atoms with E-state index >= 15 is 0 Å². The molecule has 0 amide bonds. The molecule has 16 heavy (non-hydrogen) atoms. The van der Waals surface area contributed by atoms with Gasteiger partial charge in [0, 0.05) is 24.9 Å². The zero-order valence-electron chi connectivity index (χ0n) is 9.12. The number of carbonyl (C=O) groups is 1. The average Bonchev–Trinajstić information content (AvgIpc) is 2.61. The van der Waals surface area contributed by atoms with Gasteiger partial charge in [0.15, 0.2) is 9.84 Å². The molecule has 90 valence electrons. The molecule has 1 rings (SSSR count). The van der Waals surface area contributed by atoms with Crippen LogP contribution in [0, 0.1) is 0 Å². The van der Waals surface area contributed by atoms with Crippen molar-refractivity contribution < 1.29 is 18.3 Å². The lowest BCUT2D eigenvalue weighted by Crippen LogP contribution is -2.08. The first-order valence-corrected chi connectivity index (χ1v) is 6.66. The van der Waals surface area contributed by atoms with Gasteiger partial charge >= 0.3 is 5.97 Å². The van der Waals surface area contributed by atoms with Crippen LogP contribution >= 0.6 is 0 Å². The molecule has 0 fully saturated rings. The van der Waals surface area contributed by atoms with Crippen molar-refractivity contribution in [2.24, 2.45) is 0 Å². The van der Waals surface area contributed by atoms with E-state index in [1.807, 2.05) is 0 Å². The van der Waals surface area contributed by atoms with E-state index in [0.717, 1.165) is 6.26 Å². The van der Waals surface area contributed by atoms with E-state index in [2.05, 4.69) is 5.10 Å². The number of aromatic nitrogens is 2. The zero-order valence-corrected chi connectivity index (χ0v) is 9.94. The van der Waals surface area contributed by atoms with Gasteiger partial charge in [-0.25, -0.2) is 8.42 Å². The van der Waals surface area contributed by atoms with Crippen LogP contribution in [-0.4, -0.2) is 35.5 Å². The van der Waals surface area contributed by atoms with Crippen LogP contribution in [0.5, 0.6) is 0 Å². The standard InChI is InChI=1S/C9H14N2O4S/c1-7(3-4-9(12)13)11-6-8(5-10-11)16(2,14)15/h5-7H,3-4H2,1-2H3,(H,12,13). The van der Waals surface area contributed by atoms with Crippen molar-refractivity contribution in [1.82, 2.24) is 9.78 Å². The number of nitrogens with zero attached hydrogens (tertiary/aromatic N) is 2. The molecule has 0 aliphatic carbocycles. The summed E-state index contributed by atoms with van der Waals surface area (Å²) in [5, 5.41) is 12.4. The molecule has 0 saturated carbocycles. The van der Waals surface area contributed by atoms with Crippen LogP contribution in [0.4, 0.5) is 0 Å². The summed E-state index contributed by atoms with van der Waals surface area (Å²) >= 11 is 0. The van der Waals surface area contributed by atoms with Gasteiger partial charge in [0.25, 0.3) is 0 Å².